The number of rotatable bonds is 8. The maximum Gasteiger partial charge on any atom is 0.573 e. The number of phenols is 1. The van der Waals surface area contributed by atoms with E-state index in [1.165, 1.54) is 43.3 Å². The maximum atomic E-state index is 14.1. The van der Waals surface area contributed by atoms with Gasteiger partial charge in [0.05, 0.1) is 11.6 Å². The molecule has 0 radical (unpaired) electrons. The number of primary amides is 1. The Morgan fingerprint density at radius 2 is 1.72 bits per heavy atom. The van der Waals surface area contributed by atoms with Crippen LogP contribution in [0, 0.1) is 11.8 Å². The number of likely N-dealkylation sites (N-methyl/N-ethyl adjacent to an activating group) is 1. The maximum absolute atomic E-state index is 14.1. The molecule has 7 N–H and O–H groups in total. The number of hydrogen-bond donors (Lipinski definition) is 6. The lowest BCUT2D eigenvalue weighted by molar-refractivity contribution is -0.274. The fourth-order valence-electron chi connectivity index (χ4n) is 7.03. The SMILES string of the molecule is CN(C)c1cc(CNCc2ccc(OC(F)(F)F)cc2)c(O)c2c1C[C@H]1C[C@H]3C(N(C)C)C(=O)C(C(N)=O)=C(O)[C@@]3(O)C(=O)C1=C2O. The second-order valence-corrected chi connectivity index (χ2v) is 12.4. The van der Waals surface area contributed by atoms with Crippen molar-refractivity contribution in [2.75, 3.05) is 33.1 Å². The van der Waals surface area contributed by atoms with Crippen molar-refractivity contribution in [3.63, 3.8) is 0 Å². The van der Waals surface area contributed by atoms with Gasteiger partial charge in [-0.1, -0.05) is 12.1 Å². The van der Waals surface area contributed by atoms with Gasteiger partial charge in [-0.15, -0.1) is 13.2 Å². The number of nitrogens with zero attached hydrogens (tertiary/aromatic N) is 2. The van der Waals surface area contributed by atoms with Gasteiger partial charge in [0.1, 0.15) is 28.6 Å². The van der Waals surface area contributed by atoms with Crippen molar-refractivity contribution in [2.45, 2.75) is 43.9 Å². The smallest absolute Gasteiger partial charge is 0.508 e. The van der Waals surface area contributed by atoms with E-state index in [9.17, 15) is 48.0 Å². The van der Waals surface area contributed by atoms with Crippen molar-refractivity contribution in [1.29, 1.82) is 0 Å². The Kier molecular flexibility index (Phi) is 8.54. The van der Waals surface area contributed by atoms with Crippen molar-refractivity contribution in [3.8, 4) is 11.5 Å². The minimum atomic E-state index is -4.82. The highest BCUT2D eigenvalue weighted by Gasteiger charge is 2.64. The number of benzene rings is 2. The highest BCUT2D eigenvalue weighted by atomic mass is 19.4. The molecule has 0 spiro atoms. The monoisotopic (exact) mass is 660 g/mol. The molecule has 0 bridgehead atoms. The number of phenolic OH excluding ortho intramolecular Hbond substituents is 1. The number of carbonyl (C=O) groups is 3. The third-order valence-corrected chi connectivity index (χ3v) is 9.06. The van der Waals surface area contributed by atoms with E-state index in [0.29, 0.717) is 22.4 Å². The van der Waals surface area contributed by atoms with Crippen LogP contribution in [0.5, 0.6) is 11.5 Å². The quantitative estimate of drug-likeness (QED) is 0.228. The van der Waals surface area contributed by atoms with Gasteiger partial charge in [0, 0.05) is 49.9 Å². The van der Waals surface area contributed by atoms with Gasteiger partial charge < -0.3 is 41.1 Å². The first kappa shape index (κ1) is 33.8. The fourth-order valence-corrected chi connectivity index (χ4v) is 7.03. The number of nitrogens with one attached hydrogen (secondary N) is 1. The average Bonchev–Trinajstić information content (AvgIpc) is 2.95. The van der Waals surface area contributed by atoms with Crippen molar-refractivity contribution in [1.82, 2.24) is 10.2 Å². The second-order valence-electron chi connectivity index (χ2n) is 12.4. The number of amides is 1. The van der Waals surface area contributed by atoms with Crippen LogP contribution in [0.15, 0.2) is 47.2 Å². The summed E-state index contributed by atoms with van der Waals surface area (Å²) < 4.78 is 41.3. The number of aromatic hydroxyl groups is 1. The summed E-state index contributed by atoms with van der Waals surface area (Å²) in [5.74, 6) is -7.64. The first-order valence-electron chi connectivity index (χ1n) is 14.6. The van der Waals surface area contributed by atoms with Crippen molar-refractivity contribution < 1.29 is 52.7 Å². The molecule has 2 aromatic carbocycles. The lowest BCUT2D eigenvalue weighted by Crippen LogP contribution is -2.65. The Balaban J connectivity index is 1.52. The predicted molar refractivity (Wildman–Crippen MR) is 162 cm³/mol. The highest BCUT2D eigenvalue weighted by Crippen LogP contribution is 2.54. The predicted octanol–water partition coefficient (Wildman–Crippen LogP) is 2.22. The molecule has 252 valence electrons. The number of halogens is 3. The molecule has 47 heavy (non-hydrogen) atoms. The van der Waals surface area contributed by atoms with Crippen LogP contribution in [-0.2, 0) is 33.9 Å². The van der Waals surface area contributed by atoms with Gasteiger partial charge in [0.2, 0.25) is 5.78 Å². The summed E-state index contributed by atoms with van der Waals surface area (Å²) in [4.78, 5) is 42.8. The number of ketones is 2. The van der Waals surface area contributed by atoms with Crippen LogP contribution < -0.4 is 20.7 Å². The minimum absolute atomic E-state index is 0.0322. The van der Waals surface area contributed by atoms with E-state index in [0.717, 1.165) is 0 Å². The first-order chi connectivity index (χ1) is 21.9. The molecule has 3 aliphatic rings. The minimum Gasteiger partial charge on any atom is -0.508 e. The number of alkyl halides is 3. The number of aliphatic hydroxyl groups excluding tert-OH is 2. The third-order valence-electron chi connectivity index (χ3n) is 9.06. The molecule has 1 saturated carbocycles. The zero-order chi connectivity index (χ0) is 34.7. The molecule has 12 nitrogen and oxygen atoms in total. The molecule has 0 aromatic heterocycles. The first-order valence-corrected chi connectivity index (χ1v) is 14.6. The summed E-state index contributed by atoms with van der Waals surface area (Å²) in [7, 11) is 6.57. The van der Waals surface area contributed by atoms with Gasteiger partial charge in [0.25, 0.3) is 5.91 Å². The molecular weight excluding hydrogens is 625 g/mol. The van der Waals surface area contributed by atoms with E-state index < -0.39 is 64.4 Å². The number of ether oxygens (including phenoxy) is 1. The zero-order valence-electron chi connectivity index (χ0n) is 26.0. The van der Waals surface area contributed by atoms with Crippen LogP contribution in [0.25, 0.3) is 5.76 Å². The summed E-state index contributed by atoms with van der Waals surface area (Å²) in [5.41, 5.74) is 3.52. The Labute approximate surface area is 267 Å². The zero-order valence-corrected chi connectivity index (χ0v) is 26.0. The van der Waals surface area contributed by atoms with Crippen LogP contribution in [0.3, 0.4) is 0 Å². The number of anilines is 1. The summed E-state index contributed by atoms with van der Waals surface area (Å²) in [6.07, 6.45) is -4.71. The topological polar surface area (TPSA) is 186 Å². The second kappa shape index (κ2) is 11.9. The molecule has 4 atom stereocenters. The standard InChI is InChI=1S/C32H35F3N4O8/c1-38(2)20-11-16(13-37-12-14-5-7-17(8-6-14)47-32(33,34)35)25(40)22-18(20)9-15-10-19-24(39(3)4)27(42)23(30(36)45)29(44)31(19,46)28(43)21(15)26(22)41/h5-8,11,15,19,24,37,40-41,44,46H,9-10,12-13H2,1-4H3,(H2,36,45)/t15-,19-,24?,31-/m0/s1. The molecule has 3 aliphatic carbocycles. The highest BCUT2D eigenvalue weighted by molar-refractivity contribution is 6.24. The van der Waals surface area contributed by atoms with Crippen molar-refractivity contribution in [2.24, 2.45) is 17.6 Å². The Morgan fingerprint density at radius 1 is 1.09 bits per heavy atom. The van der Waals surface area contributed by atoms with Crippen LogP contribution in [0.2, 0.25) is 0 Å². The van der Waals surface area contributed by atoms with Gasteiger partial charge in [0.15, 0.2) is 11.4 Å². The molecular formula is C32H35F3N4O8. The molecule has 0 heterocycles. The number of fused-ring (bicyclic) bond motifs is 3. The number of hydrogen-bond acceptors (Lipinski definition) is 11. The Morgan fingerprint density at radius 3 is 2.28 bits per heavy atom. The molecule has 1 amide bonds. The van der Waals surface area contributed by atoms with Crippen LogP contribution in [0.1, 0.15) is 28.7 Å². The van der Waals surface area contributed by atoms with E-state index in [-0.39, 0.29) is 48.6 Å². The summed E-state index contributed by atoms with van der Waals surface area (Å²) in [6.45, 7) is 0.243. The summed E-state index contributed by atoms with van der Waals surface area (Å²) in [5, 5.41) is 49.0. The van der Waals surface area contributed by atoms with Gasteiger partial charge in [-0.25, -0.2) is 0 Å². The van der Waals surface area contributed by atoms with Crippen molar-refractivity contribution >= 4 is 28.9 Å². The van der Waals surface area contributed by atoms with Crippen LogP contribution in [0.4, 0.5) is 18.9 Å². The fraction of sp³-hybridized carbons (Fsp3) is 0.406. The van der Waals surface area contributed by atoms with Crippen LogP contribution >= 0.6 is 0 Å². The number of aliphatic hydroxyl groups is 3. The molecule has 0 saturated heterocycles. The molecule has 1 fully saturated rings. The Hall–Kier alpha value is -4.60. The van der Waals surface area contributed by atoms with E-state index >= 15 is 0 Å². The van der Waals surface area contributed by atoms with E-state index in [1.54, 1.807) is 25.1 Å². The van der Waals surface area contributed by atoms with Gasteiger partial charge in [-0.3, -0.25) is 19.3 Å². The Bertz CT molecular complexity index is 1720. The lowest BCUT2D eigenvalue weighted by Gasteiger charge is -2.50. The molecule has 15 heteroatoms. The van der Waals surface area contributed by atoms with Gasteiger partial charge in [-0.2, -0.15) is 0 Å². The van der Waals surface area contributed by atoms with Gasteiger partial charge in [-0.05, 0) is 62.2 Å². The largest absolute Gasteiger partial charge is 0.573 e. The van der Waals surface area contributed by atoms with Crippen molar-refractivity contribution in [3.05, 3.63) is 69.5 Å². The third kappa shape index (κ3) is 5.68. The van der Waals surface area contributed by atoms with Gasteiger partial charge >= 0.3 is 6.36 Å². The van der Waals surface area contributed by atoms with E-state index in [4.69, 9.17) is 5.73 Å². The molecule has 5 rings (SSSR count). The lowest BCUT2D eigenvalue weighted by atomic mass is 9.57. The number of nitrogens with two attached hydrogens (primary N) is 1. The summed E-state index contributed by atoms with van der Waals surface area (Å²) >= 11 is 0. The van der Waals surface area contributed by atoms with Crippen LogP contribution in [-0.4, -0.2) is 89.0 Å². The molecule has 0 aliphatic heterocycles. The number of carbonyl (C=O) groups excluding carboxylic acids is 3. The van der Waals surface area contributed by atoms with E-state index in [2.05, 4.69) is 10.1 Å². The van der Waals surface area contributed by atoms with E-state index in [1.807, 2.05) is 0 Å². The number of Topliss-reactive ketones (excluding diaryl/α,β-unsaturated/α-hetero) is 2. The summed E-state index contributed by atoms with van der Waals surface area (Å²) in [6, 6.07) is 5.77. The molecule has 1 unspecified atom stereocenters. The molecule has 2 aromatic rings. The average molecular weight is 661 g/mol. The normalized spacial score (nSPS) is 24.2.